The van der Waals surface area contributed by atoms with Gasteiger partial charge in [-0.1, -0.05) is 31.1 Å². The van der Waals surface area contributed by atoms with Crippen molar-refractivity contribution >= 4 is 5.91 Å². The van der Waals surface area contributed by atoms with Gasteiger partial charge in [-0.15, -0.1) is 0 Å². The van der Waals surface area contributed by atoms with Gasteiger partial charge in [0.25, 0.3) is 5.91 Å². The number of methoxy groups -OCH3 is 2. The van der Waals surface area contributed by atoms with Crippen LogP contribution in [0.15, 0.2) is 47.0 Å². The van der Waals surface area contributed by atoms with Gasteiger partial charge in [-0.25, -0.2) is 0 Å². The number of benzene rings is 2. The van der Waals surface area contributed by atoms with Crippen molar-refractivity contribution in [1.82, 2.24) is 15.5 Å². The number of nitrogens with zero attached hydrogens (tertiary/aromatic N) is 2. The molecule has 0 saturated heterocycles. The van der Waals surface area contributed by atoms with Crippen LogP contribution in [0.25, 0.3) is 11.4 Å². The minimum Gasteiger partial charge on any atom is -0.497 e. The normalized spacial score (nSPS) is 11.6. The molecule has 0 aliphatic carbocycles. The molecule has 0 spiro atoms. The van der Waals surface area contributed by atoms with Gasteiger partial charge in [-0.3, -0.25) is 4.79 Å². The molecule has 1 heterocycles. The van der Waals surface area contributed by atoms with Gasteiger partial charge in [0.1, 0.15) is 17.2 Å². The standard InChI is InChI=1S/C23H27N3O5/c1-5-15-7-9-16(10-8-15)30-19(6-2)23(27)24-14-21-25-22(26-31-21)18-12-11-17(28-3)13-20(18)29-4/h7-13,19H,5-6,14H2,1-4H3,(H,24,27). The van der Waals surface area contributed by atoms with Gasteiger partial charge >= 0.3 is 0 Å². The molecule has 8 heteroatoms. The molecule has 1 aromatic heterocycles. The van der Waals surface area contributed by atoms with Crippen LogP contribution in [0.5, 0.6) is 17.2 Å². The van der Waals surface area contributed by atoms with Crippen LogP contribution in [-0.4, -0.2) is 36.4 Å². The number of rotatable bonds is 10. The van der Waals surface area contributed by atoms with Crippen LogP contribution in [-0.2, 0) is 17.8 Å². The molecule has 0 aliphatic rings. The Hall–Kier alpha value is -3.55. The van der Waals surface area contributed by atoms with Crippen LogP contribution < -0.4 is 19.5 Å². The Kier molecular flexibility index (Phi) is 7.48. The third kappa shape index (κ3) is 5.53. The van der Waals surface area contributed by atoms with Crippen molar-refractivity contribution in [2.75, 3.05) is 14.2 Å². The van der Waals surface area contributed by atoms with Crippen molar-refractivity contribution in [1.29, 1.82) is 0 Å². The van der Waals surface area contributed by atoms with E-state index in [2.05, 4.69) is 22.4 Å². The zero-order valence-corrected chi connectivity index (χ0v) is 18.2. The lowest BCUT2D eigenvalue weighted by atomic mass is 10.1. The summed E-state index contributed by atoms with van der Waals surface area (Å²) < 4.78 is 21.7. The highest BCUT2D eigenvalue weighted by atomic mass is 16.5. The lowest BCUT2D eigenvalue weighted by Crippen LogP contribution is -2.37. The maximum Gasteiger partial charge on any atom is 0.261 e. The Morgan fingerprint density at radius 1 is 1.06 bits per heavy atom. The van der Waals surface area contributed by atoms with Crippen LogP contribution in [0.2, 0.25) is 0 Å². The molecular weight excluding hydrogens is 398 g/mol. The molecule has 1 amide bonds. The molecule has 0 aliphatic heterocycles. The Bertz CT molecular complexity index is 1000. The number of hydrogen-bond acceptors (Lipinski definition) is 7. The average Bonchev–Trinajstić information content (AvgIpc) is 3.29. The fraction of sp³-hybridized carbons (Fsp3) is 0.348. The fourth-order valence-corrected chi connectivity index (χ4v) is 2.99. The summed E-state index contributed by atoms with van der Waals surface area (Å²) in [5.74, 6) is 2.27. The van der Waals surface area contributed by atoms with E-state index in [1.807, 2.05) is 31.2 Å². The van der Waals surface area contributed by atoms with Gasteiger partial charge in [0, 0.05) is 6.07 Å². The van der Waals surface area contributed by atoms with Gasteiger partial charge in [0.2, 0.25) is 11.7 Å². The molecule has 1 unspecified atom stereocenters. The molecule has 0 fully saturated rings. The lowest BCUT2D eigenvalue weighted by Gasteiger charge is -2.17. The van der Waals surface area contributed by atoms with Crippen molar-refractivity contribution < 1.29 is 23.5 Å². The number of aromatic nitrogens is 2. The van der Waals surface area contributed by atoms with Crippen LogP contribution in [0.1, 0.15) is 31.7 Å². The monoisotopic (exact) mass is 425 g/mol. The molecular formula is C23H27N3O5. The highest BCUT2D eigenvalue weighted by Crippen LogP contribution is 2.31. The second-order valence-electron chi connectivity index (χ2n) is 6.81. The minimum atomic E-state index is -0.614. The molecule has 1 atom stereocenters. The van der Waals surface area contributed by atoms with E-state index in [0.717, 1.165) is 6.42 Å². The largest absolute Gasteiger partial charge is 0.497 e. The molecule has 2 aromatic carbocycles. The van der Waals surface area contributed by atoms with Gasteiger partial charge in [0.05, 0.1) is 26.3 Å². The van der Waals surface area contributed by atoms with Crippen LogP contribution in [0.3, 0.4) is 0 Å². The van der Waals surface area contributed by atoms with E-state index < -0.39 is 6.10 Å². The van der Waals surface area contributed by atoms with E-state index in [9.17, 15) is 4.79 Å². The van der Waals surface area contributed by atoms with E-state index >= 15 is 0 Å². The summed E-state index contributed by atoms with van der Waals surface area (Å²) in [6.45, 7) is 4.08. The summed E-state index contributed by atoms with van der Waals surface area (Å²) in [7, 11) is 3.14. The first kappa shape index (κ1) is 22.1. The SMILES string of the molecule is CCc1ccc(OC(CC)C(=O)NCc2nc(-c3ccc(OC)cc3OC)no2)cc1. The predicted octanol–water partition coefficient (Wildman–Crippen LogP) is 3.79. The Balaban J connectivity index is 1.62. The van der Waals surface area contributed by atoms with Gasteiger partial charge in [-0.2, -0.15) is 4.98 Å². The highest BCUT2D eigenvalue weighted by Gasteiger charge is 2.20. The van der Waals surface area contributed by atoms with Crippen molar-refractivity contribution in [3.63, 3.8) is 0 Å². The first-order chi connectivity index (χ1) is 15.1. The van der Waals surface area contributed by atoms with E-state index in [4.69, 9.17) is 18.7 Å². The Labute approximate surface area is 181 Å². The Morgan fingerprint density at radius 3 is 2.45 bits per heavy atom. The van der Waals surface area contributed by atoms with Crippen molar-refractivity contribution in [3.8, 4) is 28.6 Å². The fourth-order valence-electron chi connectivity index (χ4n) is 2.99. The van der Waals surface area contributed by atoms with Crippen molar-refractivity contribution in [2.45, 2.75) is 39.3 Å². The zero-order valence-electron chi connectivity index (χ0n) is 18.2. The lowest BCUT2D eigenvalue weighted by molar-refractivity contribution is -0.128. The summed E-state index contributed by atoms with van der Waals surface area (Å²) in [6, 6.07) is 13.0. The molecule has 31 heavy (non-hydrogen) atoms. The third-order valence-electron chi connectivity index (χ3n) is 4.80. The molecule has 0 saturated carbocycles. The number of amides is 1. The Morgan fingerprint density at radius 2 is 1.81 bits per heavy atom. The minimum absolute atomic E-state index is 0.0962. The van der Waals surface area contributed by atoms with Crippen molar-refractivity contribution in [3.05, 3.63) is 53.9 Å². The number of carbonyl (C=O) groups excluding carboxylic acids is 1. The second-order valence-corrected chi connectivity index (χ2v) is 6.81. The zero-order chi connectivity index (χ0) is 22.2. The molecule has 0 bridgehead atoms. The molecule has 0 radical (unpaired) electrons. The van der Waals surface area contributed by atoms with Crippen LogP contribution >= 0.6 is 0 Å². The number of hydrogen-bond donors (Lipinski definition) is 1. The van der Waals surface area contributed by atoms with E-state index in [1.165, 1.54) is 5.56 Å². The van der Waals surface area contributed by atoms with Gasteiger partial charge in [0.15, 0.2) is 6.10 Å². The number of aryl methyl sites for hydroxylation is 1. The summed E-state index contributed by atoms with van der Waals surface area (Å²) in [5, 5.41) is 6.78. The van der Waals surface area contributed by atoms with Gasteiger partial charge < -0.3 is 24.1 Å². The maximum absolute atomic E-state index is 12.6. The second kappa shape index (κ2) is 10.5. The third-order valence-corrected chi connectivity index (χ3v) is 4.80. The van der Waals surface area contributed by atoms with Crippen LogP contribution in [0.4, 0.5) is 0 Å². The smallest absolute Gasteiger partial charge is 0.261 e. The summed E-state index contributed by atoms with van der Waals surface area (Å²) in [6.07, 6.45) is 0.864. The molecule has 3 rings (SSSR count). The number of ether oxygens (including phenoxy) is 3. The summed E-state index contributed by atoms with van der Waals surface area (Å²) >= 11 is 0. The number of carbonyl (C=O) groups is 1. The highest BCUT2D eigenvalue weighted by molar-refractivity contribution is 5.81. The van der Waals surface area contributed by atoms with Crippen molar-refractivity contribution in [2.24, 2.45) is 0 Å². The van der Waals surface area contributed by atoms with Gasteiger partial charge in [-0.05, 0) is 42.7 Å². The van der Waals surface area contributed by atoms with E-state index in [1.54, 1.807) is 32.4 Å². The topological polar surface area (TPSA) is 95.7 Å². The summed E-state index contributed by atoms with van der Waals surface area (Å²) in [4.78, 5) is 16.9. The molecule has 8 nitrogen and oxygen atoms in total. The number of nitrogens with one attached hydrogen (secondary N) is 1. The van der Waals surface area contributed by atoms with E-state index in [-0.39, 0.29) is 18.3 Å². The molecule has 164 valence electrons. The van der Waals surface area contributed by atoms with E-state index in [0.29, 0.717) is 35.1 Å². The predicted molar refractivity (Wildman–Crippen MR) is 115 cm³/mol. The summed E-state index contributed by atoms with van der Waals surface area (Å²) in [5.41, 5.74) is 1.88. The molecule has 3 aromatic rings. The quantitative estimate of drug-likeness (QED) is 0.528. The average molecular weight is 425 g/mol. The van der Waals surface area contributed by atoms with Crippen LogP contribution in [0, 0.1) is 0 Å². The first-order valence-corrected chi connectivity index (χ1v) is 10.2. The molecule has 1 N–H and O–H groups in total. The first-order valence-electron chi connectivity index (χ1n) is 10.2. The maximum atomic E-state index is 12.6.